The summed E-state index contributed by atoms with van der Waals surface area (Å²) in [6.07, 6.45) is 20.6. The zero-order valence-corrected chi connectivity index (χ0v) is 34.4. The lowest BCUT2D eigenvalue weighted by Gasteiger charge is -2.40. The number of allylic oxidation sites excluding steroid dienone is 1. The zero-order valence-electron chi connectivity index (χ0n) is 34.4. The lowest BCUT2D eigenvalue weighted by molar-refractivity contribution is -0.302. The first kappa shape index (κ1) is 50.9. The SMILES string of the molecule is CCCCCCCCCCCCCCCCC(O)C(=O)NC(COC1OC(CO)C(O)C(O)C1O)C(O)C=CCCC(O)C(C)CCCCCCCCC. The van der Waals surface area contributed by atoms with Crippen molar-refractivity contribution in [2.75, 3.05) is 13.2 Å². The molecule has 11 nitrogen and oxygen atoms in total. The Balaban J connectivity index is 2.56. The van der Waals surface area contributed by atoms with E-state index in [0.717, 1.165) is 32.1 Å². The third kappa shape index (κ3) is 23.2. The minimum Gasteiger partial charge on any atom is -0.394 e. The van der Waals surface area contributed by atoms with Gasteiger partial charge in [-0.25, -0.2) is 0 Å². The molecule has 1 fully saturated rings. The van der Waals surface area contributed by atoms with Crippen molar-refractivity contribution < 1.29 is 50.0 Å². The van der Waals surface area contributed by atoms with Gasteiger partial charge in [-0.1, -0.05) is 168 Å². The van der Waals surface area contributed by atoms with Gasteiger partial charge in [-0.2, -0.15) is 0 Å². The molecule has 1 heterocycles. The Morgan fingerprint density at radius 2 is 1.17 bits per heavy atom. The van der Waals surface area contributed by atoms with Crippen molar-refractivity contribution in [1.82, 2.24) is 5.32 Å². The van der Waals surface area contributed by atoms with Gasteiger partial charge in [0.25, 0.3) is 0 Å². The summed E-state index contributed by atoms with van der Waals surface area (Å²) in [5.41, 5.74) is 0. The number of ether oxygens (including phenoxy) is 2. The predicted octanol–water partition coefficient (Wildman–Crippen LogP) is 6.36. The largest absolute Gasteiger partial charge is 0.394 e. The summed E-state index contributed by atoms with van der Waals surface area (Å²) in [5.74, 6) is -0.492. The van der Waals surface area contributed by atoms with Gasteiger partial charge in [-0.15, -0.1) is 0 Å². The summed E-state index contributed by atoms with van der Waals surface area (Å²) < 4.78 is 11.1. The molecule has 0 aromatic carbocycles. The van der Waals surface area contributed by atoms with Crippen LogP contribution < -0.4 is 5.32 Å². The van der Waals surface area contributed by atoms with Crippen LogP contribution in [0.5, 0.6) is 0 Å². The zero-order chi connectivity index (χ0) is 40.0. The number of aliphatic hydroxyl groups excluding tert-OH is 7. The highest BCUT2D eigenvalue weighted by Crippen LogP contribution is 2.23. The second kappa shape index (κ2) is 32.9. The number of aliphatic hydroxyl groups is 7. The molecule has 1 rings (SSSR count). The maximum absolute atomic E-state index is 13.0. The molecule has 0 spiro atoms. The van der Waals surface area contributed by atoms with Gasteiger partial charge >= 0.3 is 0 Å². The molecule has 54 heavy (non-hydrogen) atoms. The Kier molecular flexibility index (Phi) is 31.0. The number of rotatable bonds is 35. The predicted molar refractivity (Wildman–Crippen MR) is 215 cm³/mol. The van der Waals surface area contributed by atoms with Crippen LogP contribution in [0.3, 0.4) is 0 Å². The summed E-state index contributed by atoms with van der Waals surface area (Å²) >= 11 is 0. The molecule has 10 unspecified atom stereocenters. The Hall–Kier alpha value is -1.15. The van der Waals surface area contributed by atoms with Crippen molar-refractivity contribution in [2.24, 2.45) is 5.92 Å². The van der Waals surface area contributed by atoms with E-state index in [4.69, 9.17) is 9.47 Å². The second-order valence-electron chi connectivity index (χ2n) is 16.0. The van der Waals surface area contributed by atoms with Gasteiger partial charge < -0.3 is 50.5 Å². The molecule has 0 aromatic rings. The van der Waals surface area contributed by atoms with Crippen molar-refractivity contribution in [1.29, 1.82) is 0 Å². The van der Waals surface area contributed by atoms with Crippen LogP contribution in [0.1, 0.15) is 181 Å². The Morgan fingerprint density at radius 1 is 0.685 bits per heavy atom. The van der Waals surface area contributed by atoms with Crippen molar-refractivity contribution in [3.63, 3.8) is 0 Å². The maximum Gasteiger partial charge on any atom is 0.249 e. The maximum atomic E-state index is 13.0. The van der Waals surface area contributed by atoms with Crippen molar-refractivity contribution in [3.8, 4) is 0 Å². The van der Waals surface area contributed by atoms with Crippen molar-refractivity contribution >= 4 is 5.91 Å². The van der Waals surface area contributed by atoms with E-state index < -0.39 is 67.6 Å². The van der Waals surface area contributed by atoms with Crippen LogP contribution in [0.4, 0.5) is 0 Å². The molecule has 11 heteroatoms. The average molecular weight is 774 g/mol. The van der Waals surface area contributed by atoms with Crippen LogP contribution in [0, 0.1) is 5.92 Å². The van der Waals surface area contributed by atoms with E-state index >= 15 is 0 Å². The van der Waals surface area contributed by atoms with Crippen LogP contribution >= 0.6 is 0 Å². The van der Waals surface area contributed by atoms with Gasteiger partial charge in [0.15, 0.2) is 6.29 Å². The number of hydrogen-bond acceptors (Lipinski definition) is 10. The summed E-state index contributed by atoms with van der Waals surface area (Å²) in [6.45, 7) is 5.54. The first-order valence-corrected chi connectivity index (χ1v) is 22.0. The molecule has 0 radical (unpaired) electrons. The van der Waals surface area contributed by atoms with Gasteiger partial charge in [-0.05, 0) is 31.6 Å². The molecule has 0 aliphatic carbocycles. The molecule has 8 N–H and O–H groups in total. The van der Waals surface area contributed by atoms with Crippen LogP contribution in [0.15, 0.2) is 12.2 Å². The molecule has 10 atom stereocenters. The second-order valence-corrected chi connectivity index (χ2v) is 16.0. The summed E-state index contributed by atoms with van der Waals surface area (Å²) in [7, 11) is 0. The smallest absolute Gasteiger partial charge is 0.249 e. The number of carbonyl (C=O) groups excluding carboxylic acids is 1. The van der Waals surface area contributed by atoms with E-state index in [-0.39, 0.29) is 18.9 Å². The quantitative estimate of drug-likeness (QED) is 0.0266. The highest BCUT2D eigenvalue weighted by Gasteiger charge is 2.44. The fourth-order valence-corrected chi connectivity index (χ4v) is 7.11. The van der Waals surface area contributed by atoms with Gasteiger partial charge in [0.1, 0.15) is 30.5 Å². The normalized spacial score (nSPS) is 23.3. The first-order chi connectivity index (χ1) is 26.1. The van der Waals surface area contributed by atoms with Gasteiger partial charge in [0.2, 0.25) is 5.91 Å². The topological polar surface area (TPSA) is 189 Å². The summed E-state index contributed by atoms with van der Waals surface area (Å²) in [5, 5.41) is 75.3. The Morgan fingerprint density at radius 3 is 1.67 bits per heavy atom. The number of unbranched alkanes of at least 4 members (excludes halogenated alkanes) is 19. The minimum absolute atomic E-state index is 0.166. The first-order valence-electron chi connectivity index (χ1n) is 22.0. The average Bonchev–Trinajstić information content (AvgIpc) is 3.17. The van der Waals surface area contributed by atoms with E-state index in [1.54, 1.807) is 6.08 Å². The summed E-state index contributed by atoms with van der Waals surface area (Å²) in [4.78, 5) is 13.0. The number of amides is 1. The molecule has 1 amide bonds. The third-order valence-electron chi connectivity index (χ3n) is 11.0. The lowest BCUT2D eigenvalue weighted by Crippen LogP contribution is -2.60. The van der Waals surface area contributed by atoms with Crippen LogP contribution in [0.2, 0.25) is 0 Å². The van der Waals surface area contributed by atoms with E-state index in [1.165, 1.54) is 109 Å². The van der Waals surface area contributed by atoms with Gasteiger partial charge in [0.05, 0.1) is 31.5 Å². The molecule has 1 aliphatic rings. The van der Waals surface area contributed by atoms with Crippen LogP contribution in [-0.4, -0.2) is 110 Å². The number of carbonyl (C=O) groups is 1. The molecular weight excluding hydrogens is 690 g/mol. The van der Waals surface area contributed by atoms with Crippen LogP contribution in [0.25, 0.3) is 0 Å². The Bertz CT molecular complexity index is 907. The van der Waals surface area contributed by atoms with Crippen molar-refractivity contribution in [2.45, 2.75) is 236 Å². The standard InChI is InChI=1S/C43H83NO10/c1-4-6-8-10-12-13-14-15-16-17-18-20-22-24-30-37(48)42(52)44-34(32-53-43-41(51)40(50)39(49)38(31-45)54-43)36(47)29-26-25-28-35(46)33(3)27-23-21-19-11-9-7-5-2/h26,29,33-41,43,45-51H,4-25,27-28,30-32H2,1-3H3,(H,44,52). The monoisotopic (exact) mass is 774 g/mol. The molecule has 0 saturated carbocycles. The molecular formula is C43H83NO10. The third-order valence-corrected chi connectivity index (χ3v) is 11.0. The lowest BCUT2D eigenvalue weighted by atomic mass is 9.94. The Labute approximate surface area is 328 Å². The highest BCUT2D eigenvalue weighted by molar-refractivity contribution is 5.80. The van der Waals surface area contributed by atoms with E-state index in [0.29, 0.717) is 19.3 Å². The number of hydrogen-bond donors (Lipinski definition) is 8. The van der Waals surface area contributed by atoms with Crippen molar-refractivity contribution in [3.05, 3.63) is 12.2 Å². The number of nitrogens with one attached hydrogen (secondary N) is 1. The minimum atomic E-state index is -1.64. The molecule has 0 aromatic heterocycles. The molecule has 1 aliphatic heterocycles. The molecule has 0 bridgehead atoms. The van der Waals surface area contributed by atoms with E-state index in [9.17, 15) is 40.5 Å². The van der Waals surface area contributed by atoms with E-state index in [2.05, 4.69) is 26.1 Å². The highest BCUT2D eigenvalue weighted by atomic mass is 16.7. The van der Waals surface area contributed by atoms with Gasteiger partial charge in [-0.3, -0.25) is 4.79 Å². The van der Waals surface area contributed by atoms with Crippen LogP contribution in [-0.2, 0) is 14.3 Å². The molecule has 1 saturated heterocycles. The summed E-state index contributed by atoms with van der Waals surface area (Å²) in [6, 6.07) is -1.05. The molecule has 320 valence electrons. The fraction of sp³-hybridized carbons (Fsp3) is 0.930. The fourth-order valence-electron chi connectivity index (χ4n) is 7.11. The van der Waals surface area contributed by atoms with Gasteiger partial charge in [0, 0.05) is 0 Å². The van der Waals surface area contributed by atoms with E-state index in [1.807, 2.05) is 0 Å².